The molecule has 2 amide bonds. The Morgan fingerprint density at radius 1 is 0.939 bits per heavy atom. The number of amides is 2. The maximum absolute atomic E-state index is 13.8. The first-order valence-corrected chi connectivity index (χ1v) is 13.6. The fourth-order valence-corrected chi connectivity index (χ4v) is 9.07. The van der Waals surface area contributed by atoms with Crippen LogP contribution in [0.5, 0.6) is 0 Å². The molecule has 4 saturated carbocycles. The van der Waals surface area contributed by atoms with Crippen LogP contribution in [0.15, 0.2) is 30.3 Å². The monoisotopic (exact) mass is 462 g/mol. The van der Waals surface area contributed by atoms with Crippen LogP contribution in [-0.2, 0) is 12.8 Å². The number of thiophene rings is 1. The number of carbonyl (C=O) groups is 2. The van der Waals surface area contributed by atoms with E-state index in [4.69, 9.17) is 0 Å². The van der Waals surface area contributed by atoms with Gasteiger partial charge in [-0.2, -0.15) is 0 Å². The van der Waals surface area contributed by atoms with E-state index in [0.717, 1.165) is 54.0 Å². The fourth-order valence-electron chi connectivity index (χ4n) is 7.79. The van der Waals surface area contributed by atoms with Crippen LogP contribution in [0.3, 0.4) is 0 Å². The Bertz CT molecular complexity index is 1040. The summed E-state index contributed by atoms with van der Waals surface area (Å²) >= 11 is 1.61. The van der Waals surface area contributed by atoms with Gasteiger partial charge >= 0.3 is 0 Å². The van der Waals surface area contributed by atoms with Crippen molar-refractivity contribution in [3.63, 3.8) is 0 Å². The lowest BCUT2D eigenvalue weighted by atomic mass is 9.48. The third kappa shape index (κ3) is 3.82. The molecular formula is C28H34N2O2S. The Morgan fingerprint density at radius 3 is 2.24 bits per heavy atom. The lowest BCUT2D eigenvalue weighted by Gasteiger charge is -2.59. The minimum atomic E-state index is -0.141. The number of fused-ring (bicyclic) bond motifs is 1. The molecule has 1 atom stereocenters. The van der Waals surface area contributed by atoms with Gasteiger partial charge in [0.1, 0.15) is 5.00 Å². The van der Waals surface area contributed by atoms with Gasteiger partial charge in [-0.15, -0.1) is 11.3 Å². The summed E-state index contributed by atoms with van der Waals surface area (Å²) in [6, 6.07) is 9.46. The zero-order chi connectivity index (χ0) is 22.6. The van der Waals surface area contributed by atoms with Crippen LogP contribution < -0.4 is 10.6 Å². The molecule has 5 heteroatoms. The first-order chi connectivity index (χ1) is 16.0. The summed E-state index contributed by atoms with van der Waals surface area (Å²) in [4.78, 5) is 28.0. The number of carbonyl (C=O) groups excluding carboxylic acids is 2. The number of aryl methyl sites for hydroxylation is 1. The van der Waals surface area contributed by atoms with Crippen LogP contribution >= 0.6 is 11.3 Å². The van der Waals surface area contributed by atoms with Gasteiger partial charge in [0, 0.05) is 16.5 Å². The molecule has 4 nitrogen and oxygen atoms in total. The molecule has 4 bridgehead atoms. The molecule has 0 spiro atoms. The highest BCUT2D eigenvalue weighted by Crippen LogP contribution is 2.61. The quantitative estimate of drug-likeness (QED) is 0.555. The summed E-state index contributed by atoms with van der Waals surface area (Å²) in [5.74, 6) is 2.47. The van der Waals surface area contributed by atoms with Gasteiger partial charge < -0.3 is 10.6 Å². The molecule has 0 aliphatic heterocycles. The molecule has 0 radical (unpaired) electrons. The largest absolute Gasteiger partial charge is 0.349 e. The van der Waals surface area contributed by atoms with Crippen molar-refractivity contribution in [2.45, 2.75) is 77.2 Å². The van der Waals surface area contributed by atoms with E-state index in [1.54, 1.807) is 11.3 Å². The van der Waals surface area contributed by atoms with Gasteiger partial charge in [-0.3, -0.25) is 9.59 Å². The van der Waals surface area contributed by atoms with Crippen molar-refractivity contribution in [1.29, 1.82) is 0 Å². The second-order valence-electron chi connectivity index (χ2n) is 11.2. The van der Waals surface area contributed by atoms with E-state index in [1.807, 2.05) is 30.3 Å². The van der Waals surface area contributed by atoms with Gasteiger partial charge in [0.25, 0.3) is 11.8 Å². The molecule has 2 aromatic rings. The minimum absolute atomic E-state index is 0.0148. The van der Waals surface area contributed by atoms with Crippen LogP contribution in [0, 0.1) is 23.2 Å². The normalized spacial score (nSPS) is 30.5. The van der Waals surface area contributed by atoms with Crippen molar-refractivity contribution in [2.75, 3.05) is 5.32 Å². The van der Waals surface area contributed by atoms with Crippen LogP contribution in [0.2, 0.25) is 0 Å². The van der Waals surface area contributed by atoms with Gasteiger partial charge in [0.15, 0.2) is 0 Å². The average molecular weight is 463 g/mol. The fraction of sp³-hybridized carbons (Fsp3) is 0.571. The molecule has 4 fully saturated rings. The minimum Gasteiger partial charge on any atom is -0.349 e. The van der Waals surface area contributed by atoms with Crippen LogP contribution in [0.1, 0.15) is 89.4 Å². The van der Waals surface area contributed by atoms with Gasteiger partial charge in [0.05, 0.1) is 5.56 Å². The third-order valence-electron chi connectivity index (χ3n) is 9.01. The molecule has 1 aromatic heterocycles. The van der Waals surface area contributed by atoms with Gasteiger partial charge in [-0.1, -0.05) is 18.2 Å². The zero-order valence-electron chi connectivity index (χ0n) is 19.5. The topological polar surface area (TPSA) is 58.2 Å². The lowest BCUT2D eigenvalue weighted by molar-refractivity contribution is -0.0688. The molecule has 0 saturated heterocycles. The van der Waals surface area contributed by atoms with E-state index in [0.29, 0.717) is 5.56 Å². The van der Waals surface area contributed by atoms with E-state index >= 15 is 0 Å². The molecular weight excluding hydrogens is 428 g/mol. The predicted octanol–water partition coefficient (Wildman–Crippen LogP) is 6.21. The summed E-state index contributed by atoms with van der Waals surface area (Å²) in [5, 5.41) is 7.28. The van der Waals surface area contributed by atoms with E-state index < -0.39 is 0 Å². The molecule has 5 aliphatic rings. The van der Waals surface area contributed by atoms with Crippen LogP contribution in [-0.4, -0.2) is 17.9 Å². The maximum Gasteiger partial charge on any atom is 0.256 e. The van der Waals surface area contributed by atoms with Crippen molar-refractivity contribution in [1.82, 2.24) is 5.32 Å². The smallest absolute Gasteiger partial charge is 0.256 e. The molecule has 174 valence electrons. The van der Waals surface area contributed by atoms with Gasteiger partial charge in [0.2, 0.25) is 0 Å². The van der Waals surface area contributed by atoms with E-state index in [1.165, 1.54) is 49.0 Å². The number of anilines is 1. The molecule has 33 heavy (non-hydrogen) atoms. The molecule has 1 aromatic carbocycles. The van der Waals surface area contributed by atoms with Crippen molar-refractivity contribution in [3.05, 3.63) is 51.9 Å². The second-order valence-corrected chi connectivity index (χ2v) is 12.3. The Labute approximate surface area is 200 Å². The van der Waals surface area contributed by atoms with E-state index in [9.17, 15) is 9.59 Å². The zero-order valence-corrected chi connectivity index (χ0v) is 20.3. The summed E-state index contributed by atoms with van der Waals surface area (Å²) in [6.45, 7) is 2.24. The predicted molar refractivity (Wildman–Crippen MR) is 133 cm³/mol. The summed E-state index contributed by atoms with van der Waals surface area (Å²) < 4.78 is 0. The van der Waals surface area contributed by atoms with Crippen molar-refractivity contribution in [2.24, 2.45) is 23.2 Å². The Morgan fingerprint density at radius 2 is 1.58 bits per heavy atom. The number of benzene rings is 1. The molecule has 5 aliphatic carbocycles. The molecule has 1 heterocycles. The van der Waals surface area contributed by atoms with E-state index in [2.05, 4.69) is 17.6 Å². The van der Waals surface area contributed by atoms with Crippen LogP contribution in [0.4, 0.5) is 5.00 Å². The number of hydrogen-bond donors (Lipinski definition) is 2. The maximum atomic E-state index is 13.8. The number of nitrogens with one attached hydrogen (secondary N) is 2. The highest BCUT2D eigenvalue weighted by atomic mass is 32.1. The average Bonchev–Trinajstić information content (AvgIpc) is 3.16. The lowest BCUT2D eigenvalue weighted by Crippen LogP contribution is -2.55. The molecule has 1 unspecified atom stereocenters. The number of hydrogen-bond acceptors (Lipinski definition) is 3. The van der Waals surface area contributed by atoms with Gasteiger partial charge in [-0.05, 0) is 112 Å². The number of rotatable bonds is 5. The highest BCUT2D eigenvalue weighted by Gasteiger charge is 2.53. The Hall–Kier alpha value is -2.14. The summed E-state index contributed by atoms with van der Waals surface area (Å²) in [6.07, 6.45) is 12.3. The standard InChI is InChI=1S/C28H34N2O2S/c1-17(28-14-18-11-19(15-28)13-20(12-18)16-28)29-26(32)24-22-9-5-6-10-23(22)33-27(24)30-25(31)21-7-3-2-4-8-21/h2-4,7-8,17-20H,5-6,9-16H2,1H3,(H,29,32)(H,30,31). The Balaban J connectivity index is 1.26. The first-order valence-electron chi connectivity index (χ1n) is 12.8. The van der Waals surface area contributed by atoms with Crippen molar-refractivity contribution >= 4 is 28.2 Å². The molecule has 7 rings (SSSR count). The van der Waals surface area contributed by atoms with Crippen molar-refractivity contribution in [3.8, 4) is 0 Å². The van der Waals surface area contributed by atoms with Crippen molar-refractivity contribution < 1.29 is 9.59 Å². The first kappa shape index (κ1) is 21.4. The highest BCUT2D eigenvalue weighted by molar-refractivity contribution is 7.17. The second kappa shape index (κ2) is 8.26. The Kier molecular flexibility index (Phi) is 5.36. The van der Waals surface area contributed by atoms with Gasteiger partial charge in [-0.25, -0.2) is 0 Å². The van der Waals surface area contributed by atoms with Crippen LogP contribution in [0.25, 0.3) is 0 Å². The van der Waals surface area contributed by atoms with E-state index in [-0.39, 0.29) is 23.3 Å². The molecule has 2 N–H and O–H groups in total. The third-order valence-corrected chi connectivity index (χ3v) is 10.2. The SMILES string of the molecule is CC(NC(=O)c1c(NC(=O)c2ccccc2)sc2c1CCCC2)C12CC3CC(CC(C3)C1)C2. The summed E-state index contributed by atoms with van der Waals surface area (Å²) in [7, 11) is 0. The summed E-state index contributed by atoms with van der Waals surface area (Å²) in [5.41, 5.74) is 2.80.